The van der Waals surface area contributed by atoms with Crippen molar-refractivity contribution in [3.8, 4) is 0 Å². The van der Waals surface area contributed by atoms with E-state index in [9.17, 15) is 23.6 Å². The zero-order valence-electron chi connectivity index (χ0n) is 9.22. The van der Waals surface area contributed by atoms with Crippen molar-refractivity contribution in [1.82, 2.24) is 0 Å². The van der Waals surface area contributed by atoms with Crippen molar-refractivity contribution in [1.29, 1.82) is 0 Å². The van der Waals surface area contributed by atoms with Crippen LogP contribution >= 0.6 is 21.6 Å². The summed E-state index contributed by atoms with van der Waals surface area (Å²) in [5.74, 6) is -2.34. The van der Waals surface area contributed by atoms with E-state index in [-0.39, 0.29) is 11.5 Å². The first kappa shape index (κ1) is 18.7. The Morgan fingerprint density at radius 3 is 2.05 bits per heavy atom. The van der Waals surface area contributed by atoms with E-state index in [2.05, 4.69) is 9.33 Å². The first-order valence-corrected chi connectivity index (χ1v) is 8.15. The highest BCUT2D eigenvalue weighted by molar-refractivity contribution is 8.76. The number of carboxylic acids is 1. The summed E-state index contributed by atoms with van der Waals surface area (Å²) in [5.41, 5.74) is 10.5. The molecule has 0 saturated heterocycles. The molecule has 112 valence electrons. The molecular weight excluding hydrogens is 328 g/mol. The molecule has 0 aromatic heterocycles. The highest BCUT2D eigenvalue weighted by atomic mass is 35.7. The van der Waals surface area contributed by atoms with Gasteiger partial charge in [0.1, 0.15) is 22.3 Å². The molecule has 0 bridgehead atoms. The fourth-order valence-electron chi connectivity index (χ4n) is 0.514. The summed E-state index contributed by atoms with van der Waals surface area (Å²) in [6, 6.07) is -2.29. The summed E-state index contributed by atoms with van der Waals surface area (Å²) >= 11 is 0. The number of aliphatic carboxylic acids is 1. The molecule has 0 spiro atoms. The first-order valence-electron chi connectivity index (χ1n) is 4.42. The van der Waals surface area contributed by atoms with Crippen molar-refractivity contribution in [3.05, 3.63) is 0 Å². The van der Waals surface area contributed by atoms with E-state index < -0.39 is 34.3 Å². The van der Waals surface area contributed by atoms with E-state index in [1.807, 2.05) is 0 Å². The van der Waals surface area contributed by atoms with Crippen molar-refractivity contribution >= 4 is 33.5 Å². The largest absolute Gasteiger partial charge is 0.480 e. The maximum absolute atomic E-state index is 11.0. The van der Waals surface area contributed by atoms with Gasteiger partial charge < -0.3 is 16.6 Å². The van der Waals surface area contributed by atoms with Gasteiger partial charge in [0.05, 0.1) is 0 Å². The lowest BCUT2D eigenvalue weighted by molar-refractivity contribution is -1.93. The minimum Gasteiger partial charge on any atom is -0.480 e. The molecule has 0 rings (SSSR count). The summed E-state index contributed by atoms with van der Waals surface area (Å²) in [6.45, 7) is 0. The van der Waals surface area contributed by atoms with Crippen LogP contribution in [-0.2, 0) is 18.9 Å². The molecule has 13 heteroatoms. The molecule has 0 heterocycles. The second-order valence-corrected chi connectivity index (χ2v) is 6.40. The van der Waals surface area contributed by atoms with Gasteiger partial charge in [0.25, 0.3) is 0 Å². The normalized spacial score (nSPS) is 14.8. The van der Waals surface area contributed by atoms with Crippen LogP contribution in [-0.4, -0.2) is 40.6 Å². The fourth-order valence-corrected chi connectivity index (χ4v) is 2.87. The Bertz CT molecular complexity index is 314. The molecule has 0 saturated carbocycles. The Morgan fingerprint density at radius 2 is 1.63 bits per heavy atom. The molecule has 10 nitrogen and oxygen atoms in total. The number of hydrogen-bond donors (Lipinski definition) is 3. The van der Waals surface area contributed by atoms with Crippen LogP contribution < -0.4 is 25.4 Å². The topological polar surface area (TPSA) is 194 Å². The summed E-state index contributed by atoms with van der Waals surface area (Å²) in [5, 5.41) is 8.47. The highest BCUT2D eigenvalue weighted by Gasteiger charge is 2.27. The van der Waals surface area contributed by atoms with Crippen LogP contribution in [0.5, 0.6) is 0 Å². The van der Waals surface area contributed by atoms with E-state index in [1.54, 1.807) is 0 Å². The molecule has 0 radical (unpaired) electrons. The maximum atomic E-state index is 11.0. The Hall–Kier alpha value is -0.310. The predicted octanol–water partition coefficient (Wildman–Crippen LogP) is -4.52. The number of carbonyl (C=O) groups excluding carboxylic acids is 1. The molecule has 0 amide bonds. The summed E-state index contributed by atoms with van der Waals surface area (Å²) < 4.78 is 33.1. The lowest BCUT2D eigenvalue weighted by atomic mass is 10.4. The van der Waals surface area contributed by atoms with Gasteiger partial charge in [0, 0.05) is 11.5 Å². The molecular formula is C6H11ClN2O8S2. The monoisotopic (exact) mass is 338 g/mol. The van der Waals surface area contributed by atoms with Crippen LogP contribution in [0, 0.1) is 10.2 Å². The van der Waals surface area contributed by atoms with Gasteiger partial charge in [-0.15, -0.1) is 0 Å². The first-order chi connectivity index (χ1) is 8.63. The van der Waals surface area contributed by atoms with Gasteiger partial charge in [-0.05, 0) is 0 Å². The Morgan fingerprint density at radius 1 is 1.16 bits per heavy atom. The van der Waals surface area contributed by atoms with Gasteiger partial charge in [-0.2, -0.15) is 18.9 Å². The molecule has 0 aliphatic carbocycles. The average Bonchev–Trinajstić information content (AvgIpc) is 2.29. The molecule has 19 heavy (non-hydrogen) atoms. The zero-order chi connectivity index (χ0) is 15.1. The van der Waals surface area contributed by atoms with Crippen LogP contribution in [0.25, 0.3) is 0 Å². The van der Waals surface area contributed by atoms with Crippen molar-refractivity contribution < 1.29 is 48.2 Å². The van der Waals surface area contributed by atoms with Gasteiger partial charge >= 0.3 is 16.4 Å². The van der Waals surface area contributed by atoms with E-state index in [1.165, 1.54) is 0 Å². The highest BCUT2D eigenvalue weighted by Crippen LogP contribution is 2.22. The van der Waals surface area contributed by atoms with Crippen LogP contribution in [0.2, 0.25) is 0 Å². The van der Waals surface area contributed by atoms with Crippen LogP contribution in [0.1, 0.15) is 0 Å². The molecule has 0 aromatic rings. The molecule has 0 fully saturated rings. The van der Waals surface area contributed by atoms with Gasteiger partial charge in [0.2, 0.25) is 0 Å². The van der Waals surface area contributed by atoms with Crippen molar-refractivity contribution in [3.63, 3.8) is 0 Å². The van der Waals surface area contributed by atoms with E-state index in [4.69, 9.17) is 16.6 Å². The number of carbonyl (C=O) groups is 2. The van der Waals surface area contributed by atoms with Gasteiger partial charge in [-0.3, -0.25) is 4.79 Å². The molecule has 0 aliphatic rings. The third kappa shape index (κ3) is 10.2. The van der Waals surface area contributed by atoms with Gasteiger partial charge in [0.15, 0.2) is 0 Å². The van der Waals surface area contributed by atoms with Crippen molar-refractivity contribution in [2.24, 2.45) is 11.5 Å². The number of halogens is 1. The van der Waals surface area contributed by atoms with Crippen LogP contribution in [0.3, 0.4) is 0 Å². The summed E-state index contributed by atoms with van der Waals surface area (Å²) in [4.78, 5) is 25.0. The van der Waals surface area contributed by atoms with E-state index in [0.29, 0.717) is 0 Å². The number of nitrogens with two attached hydrogens (primary N) is 2. The number of rotatable bonds is 9. The fraction of sp³-hybridized carbons (Fsp3) is 0.667. The minimum atomic E-state index is -4.87. The van der Waals surface area contributed by atoms with Crippen molar-refractivity contribution in [2.75, 3.05) is 11.5 Å². The average molecular weight is 339 g/mol. The number of carboxylic acid groups (broad SMARTS) is 1. The SMILES string of the molecule is NC(CSSCC(N)C(=O)OO[Cl+3]([O-])([O-])[O-])C(=O)O. The molecule has 0 aliphatic heterocycles. The molecule has 2 unspecified atom stereocenters. The van der Waals surface area contributed by atoms with Crippen molar-refractivity contribution in [2.45, 2.75) is 12.1 Å². The van der Waals surface area contributed by atoms with Crippen LogP contribution in [0.4, 0.5) is 0 Å². The Labute approximate surface area is 117 Å². The second kappa shape index (κ2) is 8.78. The van der Waals surface area contributed by atoms with Gasteiger partial charge in [-0.1, -0.05) is 21.6 Å². The number of hydrogen-bond acceptors (Lipinski definition) is 11. The smallest absolute Gasteiger partial charge is 0.375 e. The van der Waals surface area contributed by atoms with E-state index >= 15 is 0 Å². The summed E-state index contributed by atoms with van der Waals surface area (Å²) in [6.07, 6.45) is 0. The lowest BCUT2D eigenvalue weighted by Crippen LogP contribution is -2.61. The van der Waals surface area contributed by atoms with E-state index in [0.717, 1.165) is 21.6 Å². The predicted molar refractivity (Wildman–Crippen MR) is 55.7 cm³/mol. The molecule has 5 N–H and O–H groups in total. The molecule has 0 aromatic carbocycles. The second-order valence-electron chi connectivity index (χ2n) is 2.96. The third-order valence-electron chi connectivity index (χ3n) is 1.39. The third-order valence-corrected chi connectivity index (χ3v) is 4.08. The minimum absolute atomic E-state index is 0.0189. The van der Waals surface area contributed by atoms with Gasteiger partial charge in [-0.25, -0.2) is 4.79 Å². The zero-order valence-corrected chi connectivity index (χ0v) is 11.6. The lowest BCUT2D eigenvalue weighted by Gasteiger charge is -2.11. The standard InChI is InChI=1S/C6H11ClN2O8S2/c8-3(5(10)11)1-18-19-2-4(9)6(12)16-17-7(13,14)15/h3-4H,1-2,8-9H2,(H,10,11). The quantitative estimate of drug-likeness (QED) is 0.158. The molecule has 2 atom stereocenters. The summed E-state index contributed by atoms with van der Waals surface area (Å²) in [7, 11) is -2.78. The maximum Gasteiger partial charge on any atom is 0.375 e. The Balaban J connectivity index is 3.77. The Kier molecular flexibility index (Phi) is 8.64. The van der Waals surface area contributed by atoms with Crippen LogP contribution in [0.15, 0.2) is 0 Å².